The van der Waals surface area contributed by atoms with E-state index in [0.717, 1.165) is 22.6 Å². The Labute approximate surface area is 216 Å². The van der Waals surface area contributed by atoms with Gasteiger partial charge >= 0.3 is 0 Å². The van der Waals surface area contributed by atoms with Crippen molar-refractivity contribution < 1.29 is 9.53 Å². The number of aryl methyl sites for hydroxylation is 2. The quantitative estimate of drug-likeness (QED) is 0.218. The van der Waals surface area contributed by atoms with E-state index in [1.165, 1.54) is 11.8 Å². The molecule has 0 spiro atoms. The Bertz CT molecular complexity index is 1380. The number of aromatic nitrogens is 2. The number of benzene rings is 3. The normalized spacial score (nSPS) is 11.3. The van der Waals surface area contributed by atoms with E-state index in [2.05, 4.69) is 54.6 Å². The maximum atomic E-state index is 12.6. The molecule has 4 rings (SSSR count). The zero-order chi connectivity index (χ0) is 25.7. The second-order valence-electron chi connectivity index (χ2n) is 8.92. The van der Waals surface area contributed by atoms with Gasteiger partial charge in [0.1, 0.15) is 17.5 Å². The van der Waals surface area contributed by atoms with E-state index in [0.29, 0.717) is 34.5 Å². The average molecular weight is 501 g/mol. The summed E-state index contributed by atoms with van der Waals surface area (Å²) in [6.07, 6.45) is 1.51. The molecule has 36 heavy (non-hydrogen) atoms. The van der Waals surface area contributed by atoms with Gasteiger partial charge in [0.05, 0.1) is 23.2 Å². The van der Waals surface area contributed by atoms with Crippen LogP contribution in [-0.4, -0.2) is 21.9 Å². The topological polar surface area (TPSA) is 68.5 Å². The first-order valence-electron chi connectivity index (χ1n) is 11.8. The van der Waals surface area contributed by atoms with Gasteiger partial charge in [-0.3, -0.25) is 4.79 Å². The van der Waals surface area contributed by atoms with Crippen LogP contribution < -0.4 is 10.2 Å². The summed E-state index contributed by atoms with van der Waals surface area (Å²) in [4.78, 5) is 12.6. The molecule has 6 nitrogen and oxygen atoms in total. The van der Waals surface area contributed by atoms with E-state index in [-0.39, 0.29) is 5.91 Å². The number of amides is 1. The summed E-state index contributed by atoms with van der Waals surface area (Å²) in [5.74, 6) is 0.952. The van der Waals surface area contributed by atoms with E-state index < -0.39 is 0 Å². The number of hydrogen-bond acceptors (Lipinski definition) is 4. The molecule has 1 amide bonds. The molecule has 4 aromatic rings. The number of rotatable bonds is 8. The van der Waals surface area contributed by atoms with Gasteiger partial charge in [0, 0.05) is 5.56 Å². The van der Waals surface area contributed by atoms with Crippen molar-refractivity contribution in [2.45, 2.75) is 40.2 Å². The van der Waals surface area contributed by atoms with Crippen molar-refractivity contribution in [3.8, 4) is 11.4 Å². The van der Waals surface area contributed by atoms with Crippen LogP contribution in [0.2, 0.25) is 5.15 Å². The minimum Gasteiger partial charge on any atom is -0.489 e. The molecule has 3 aromatic carbocycles. The molecule has 7 heteroatoms. The van der Waals surface area contributed by atoms with Gasteiger partial charge in [-0.2, -0.15) is 10.2 Å². The summed E-state index contributed by atoms with van der Waals surface area (Å²) < 4.78 is 7.73. The van der Waals surface area contributed by atoms with Gasteiger partial charge in [-0.15, -0.1) is 0 Å². The third-order valence-corrected chi connectivity index (χ3v) is 6.17. The lowest BCUT2D eigenvalue weighted by Crippen LogP contribution is -2.17. The van der Waals surface area contributed by atoms with E-state index in [1.807, 2.05) is 49.4 Å². The molecule has 0 radical (unpaired) electrons. The number of carbonyl (C=O) groups is 1. The molecule has 0 aliphatic rings. The highest BCUT2D eigenvalue weighted by Gasteiger charge is 2.13. The van der Waals surface area contributed by atoms with Crippen LogP contribution in [0.1, 0.15) is 58.1 Å². The van der Waals surface area contributed by atoms with Gasteiger partial charge < -0.3 is 4.74 Å². The molecular weight excluding hydrogens is 472 g/mol. The lowest BCUT2D eigenvalue weighted by Gasteiger charge is -2.15. The van der Waals surface area contributed by atoms with Crippen LogP contribution in [0.3, 0.4) is 0 Å². The minimum atomic E-state index is -0.316. The molecule has 0 aliphatic carbocycles. The van der Waals surface area contributed by atoms with Gasteiger partial charge in [-0.25, -0.2) is 10.1 Å². The van der Waals surface area contributed by atoms with Crippen LogP contribution in [0.5, 0.6) is 5.75 Å². The largest absolute Gasteiger partial charge is 0.489 e. The van der Waals surface area contributed by atoms with Crippen molar-refractivity contribution in [2.24, 2.45) is 5.10 Å². The molecule has 1 N–H and O–H groups in total. The van der Waals surface area contributed by atoms with Crippen molar-refractivity contribution in [1.82, 2.24) is 15.2 Å². The Morgan fingerprint density at radius 1 is 1.08 bits per heavy atom. The number of carbonyl (C=O) groups excluding carboxylic acids is 1. The van der Waals surface area contributed by atoms with Crippen LogP contribution in [0.25, 0.3) is 5.69 Å². The number of para-hydroxylation sites is 1. The van der Waals surface area contributed by atoms with Gasteiger partial charge in [-0.05, 0) is 66.8 Å². The molecular formula is C29H29ClN4O2. The highest BCUT2D eigenvalue weighted by molar-refractivity contribution is 6.32. The van der Waals surface area contributed by atoms with Crippen molar-refractivity contribution in [2.75, 3.05) is 0 Å². The fraction of sp³-hybridized carbons (Fsp3) is 0.207. The van der Waals surface area contributed by atoms with Gasteiger partial charge in [0.2, 0.25) is 0 Å². The smallest absolute Gasteiger partial charge is 0.271 e. The van der Waals surface area contributed by atoms with Crippen molar-refractivity contribution in [1.29, 1.82) is 0 Å². The Morgan fingerprint density at radius 2 is 1.81 bits per heavy atom. The van der Waals surface area contributed by atoms with Gasteiger partial charge in [-0.1, -0.05) is 67.9 Å². The summed E-state index contributed by atoms with van der Waals surface area (Å²) in [6, 6.07) is 23.2. The van der Waals surface area contributed by atoms with E-state index in [4.69, 9.17) is 16.3 Å². The Balaban J connectivity index is 1.38. The van der Waals surface area contributed by atoms with Crippen LogP contribution in [0.4, 0.5) is 0 Å². The third kappa shape index (κ3) is 5.83. The number of hydrazone groups is 1. The lowest BCUT2D eigenvalue weighted by atomic mass is 10.0. The first-order chi connectivity index (χ1) is 17.3. The van der Waals surface area contributed by atoms with E-state index in [1.54, 1.807) is 16.8 Å². The predicted molar refractivity (Wildman–Crippen MR) is 144 cm³/mol. The fourth-order valence-electron chi connectivity index (χ4n) is 3.78. The number of nitrogens with one attached hydrogen (secondary N) is 1. The molecule has 1 aromatic heterocycles. The van der Waals surface area contributed by atoms with Crippen molar-refractivity contribution >= 4 is 23.7 Å². The highest BCUT2D eigenvalue weighted by Crippen LogP contribution is 2.28. The molecule has 0 saturated heterocycles. The predicted octanol–water partition coefficient (Wildman–Crippen LogP) is 6.61. The molecule has 0 unspecified atom stereocenters. The number of halogens is 1. The second kappa shape index (κ2) is 11.2. The summed E-state index contributed by atoms with van der Waals surface area (Å²) in [5, 5.41) is 8.99. The molecule has 0 fully saturated rings. The molecule has 0 bridgehead atoms. The maximum Gasteiger partial charge on any atom is 0.271 e. The highest BCUT2D eigenvalue weighted by atomic mass is 35.5. The number of hydrogen-bond donors (Lipinski definition) is 1. The second-order valence-corrected chi connectivity index (χ2v) is 9.28. The molecule has 184 valence electrons. The summed E-state index contributed by atoms with van der Waals surface area (Å²) in [6.45, 7) is 8.62. The van der Waals surface area contributed by atoms with Gasteiger partial charge in [0.15, 0.2) is 0 Å². The van der Waals surface area contributed by atoms with Crippen LogP contribution >= 0.6 is 11.6 Å². The Hall–Kier alpha value is -3.90. The SMILES string of the molecule is Cc1ccc(C(C)C)c(OCc2ccc(C(=O)N/N=C/c3c(C)nn(-c4ccccc4)c3Cl)cc2)c1. The molecule has 0 saturated carbocycles. The maximum absolute atomic E-state index is 12.6. The summed E-state index contributed by atoms with van der Waals surface area (Å²) >= 11 is 6.51. The fourth-order valence-corrected chi connectivity index (χ4v) is 4.10. The monoisotopic (exact) mass is 500 g/mol. The van der Waals surface area contributed by atoms with Crippen molar-refractivity contribution in [3.05, 3.63) is 111 Å². The molecule has 0 atom stereocenters. The standard InChI is InChI=1S/C29H29ClN4O2/c1-19(2)25-15-10-20(3)16-27(25)36-18-22-11-13-23(14-12-22)29(35)32-31-17-26-21(4)33-34(28(26)30)24-8-6-5-7-9-24/h5-17,19H,18H2,1-4H3,(H,32,35)/b31-17+. The van der Waals surface area contributed by atoms with Crippen molar-refractivity contribution in [3.63, 3.8) is 0 Å². The molecule has 0 aliphatic heterocycles. The Morgan fingerprint density at radius 3 is 2.50 bits per heavy atom. The van der Waals surface area contributed by atoms with Crippen LogP contribution in [-0.2, 0) is 6.61 Å². The summed E-state index contributed by atoms with van der Waals surface area (Å²) in [7, 11) is 0. The minimum absolute atomic E-state index is 0.316. The first kappa shape index (κ1) is 25.2. The zero-order valence-electron chi connectivity index (χ0n) is 20.8. The molecule has 1 heterocycles. The third-order valence-electron chi connectivity index (χ3n) is 5.81. The van der Waals surface area contributed by atoms with Gasteiger partial charge in [0.25, 0.3) is 5.91 Å². The average Bonchev–Trinajstić information content (AvgIpc) is 3.16. The van der Waals surface area contributed by atoms with E-state index >= 15 is 0 Å². The van der Waals surface area contributed by atoms with Crippen LogP contribution in [0.15, 0.2) is 77.9 Å². The lowest BCUT2D eigenvalue weighted by molar-refractivity contribution is 0.0955. The van der Waals surface area contributed by atoms with E-state index in [9.17, 15) is 4.79 Å². The first-order valence-corrected chi connectivity index (χ1v) is 12.2. The number of nitrogens with zero attached hydrogens (tertiary/aromatic N) is 3. The number of ether oxygens (including phenoxy) is 1. The van der Waals surface area contributed by atoms with Crippen LogP contribution in [0, 0.1) is 13.8 Å². The zero-order valence-corrected chi connectivity index (χ0v) is 21.6. The summed E-state index contributed by atoms with van der Waals surface area (Å²) in [5.41, 5.74) is 8.57. The Kier molecular flexibility index (Phi) is 7.86.